The number of ether oxygens (including phenoxy) is 1. The molecule has 0 N–H and O–H groups in total. The first-order valence-electron chi connectivity index (χ1n) is 7.50. The quantitative estimate of drug-likeness (QED) is 0.720. The second kappa shape index (κ2) is 6.39. The second-order valence-electron chi connectivity index (χ2n) is 6.77. The highest BCUT2D eigenvalue weighted by Crippen LogP contribution is 2.31. The molecule has 0 saturated carbocycles. The van der Waals surface area contributed by atoms with Gasteiger partial charge >= 0.3 is 6.09 Å². The number of piperidine rings is 1. The summed E-state index contributed by atoms with van der Waals surface area (Å²) >= 11 is 3.50. The van der Waals surface area contributed by atoms with Gasteiger partial charge in [-0.05, 0) is 63.8 Å². The van der Waals surface area contributed by atoms with Crippen molar-refractivity contribution in [2.75, 3.05) is 13.1 Å². The highest BCUT2D eigenvalue weighted by Gasteiger charge is 2.28. The molecule has 1 aromatic rings. The number of nitrogens with zero attached hydrogens (tertiary/aromatic N) is 1. The summed E-state index contributed by atoms with van der Waals surface area (Å²) in [4.78, 5) is 14.1. The van der Waals surface area contributed by atoms with Crippen molar-refractivity contribution in [3.63, 3.8) is 0 Å². The summed E-state index contributed by atoms with van der Waals surface area (Å²) in [5.74, 6) is 0.402. The van der Waals surface area contributed by atoms with E-state index in [0.29, 0.717) is 5.92 Å². The number of carbonyl (C=O) groups excluding carboxylic acids is 1. The normalized spacial score (nSPS) is 19.5. The minimum absolute atomic E-state index is 0.193. The summed E-state index contributed by atoms with van der Waals surface area (Å²) < 4.78 is 6.59. The molecule has 1 saturated heterocycles. The van der Waals surface area contributed by atoms with Gasteiger partial charge in [0.1, 0.15) is 5.60 Å². The SMILES string of the molecule is Cc1cc(Br)ccc1C1CCCN(C(=O)OC(C)(C)C)C1. The van der Waals surface area contributed by atoms with Crippen LogP contribution in [0.4, 0.5) is 4.79 Å². The topological polar surface area (TPSA) is 29.5 Å². The van der Waals surface area contributed by atoms with Gasteiger partial charge in [-0.15, -0.1) is 0 Å². The van der Waals surface area contributed by atoms with Crippen LogP contribution in [0.3, 0.4) is 0 Å². The van der Waals surface area contributed by atoms with Gasteiger partial charge in [0.15, 0.2) is 0 Å². The maximum Gasteiger partial charge on any atom is 0.410 e. The Morgan fingerprint density at radius 2 is 2.10 bits per heavy atom. The molecule has 1 heterocycles. The lowest BCUT2D eigenvalue weighted by molar-refractivity contribution is 0.0198. The van der Waals surface area contributed by atoms with Gasteiger partial charge in [0.25, 0.3) is 0 Å². The molecule has 1 aliphatic rings. The number of benzene rings is 1. The van der Waals surface area contributed by atoms with Crippen LogP contribution in [0.1, 0.15) is 50.7 Å². The molecule has 0 aromatic heterocycles. The highest BCUT2D eigenvalue weighted by atomic mass is 79.9. The van der Waals surface area contributed by atoms with Gasteiger partial charge in [-0.3, -0.25) is 0 Å². The van der Waals surface area contributed by atoms with Gasteiger partial charge in [-0.1, -0.05) is 22.0 Å². The van der Waals surface area contributed by atoms with Crippen LogP contribution < -0.4 is 0 Å². The Morgan fingerprint density at radius 3 is 2.71 bits per heavy atom. The van der Waals surface area contributed by atoms with E-state index in [4.69, 9.17) is 4.74 Å². The Hall–Kier alpha value is -1.03. The minimum atomic E-state index is -0.433. The average molecular weight is 354 g/mol. The molecule has 116 valence electrons. The largest absolute Gasteiger partial charge is 0.444 e. The van der Waals surface area contributed by atoms with E-state index in [0.717, 1.165) is 30.4 Å². The molecule has 21 heavy (non-hydrogen) atoms. The monoisotopic (exact) mass is 353 g/mol. The lowest BCUT2D eigenvalue weighted by atomic mass is 9.88. The molecule has 2 rings (SSSR count). The van der Waals surface area contributed by atoms with Crippen molar-refractivity contribution >= 4 is 22.0 Å². The zero-order valence-electron chi connectivity index (χ0n) is 13.3. The van der Waals surface area contributed by atoms with E-state index in [2.05, 4.69) is 41.1 Å². The first kappa shape index (κ1) is 16.3. The summed E-state index contributed by atoms with van der Waals surface area (Å²) in [5.41, 5.74) is 2.18. The van der Waals surface area contributed by atoms with Gasteiger partial charge in [-0.2, -0.15) is 0 Å². The Morgan fingerprint density at radius 1 is 1.38 bits per heavy atom. The predicted molar refractivity (Wildman–Crippen MR) is 88.7 cm³/mol. The van der Waals surface area contributed by atoms with Crippen LogP contribution in [0.15, 0.2) is 22.7 Å². The number of hydrogen-bond acceptors (Lipinski definition) is 2. The molecule has 4 heteroatoms. The third-order valence-corrected chi connectivity index (χ3v) is 4.24. The highest BCUT2D eigenvalue weighted by molar-refractivity contribution is 9.10. The fraction of sp³-hybridized carbons (Fsp3) is 0.588. The lowest BCUT2D eigenvalue weighted by Gasteiger charge is -2.34. The molecule has 0 bridgehead atoms. The third kappa shape index (κ3) is 4.47. The Balaban J connectivity index is 2.08. The molecule has 1 fully saturated rings. The number of rotatable bonds is 1. The van der Waals surface area contributed by atoms with Crippen molar-refractivity contribution in [3.8, 4) is 0 Å². The summed E-state index contributed by atoms with van der Waals surface area (Å²) in [5, 5.41) is 0. The Kier molecular flexibility index (Phi) is 4.97. The molecule has 0 spiro atoms. The molecule has 1 unspecified atom stereocenters. The molecule has 1 aliphatic heterocycles. The number of carbonyl (C=O) groups is 1. The molecule has 1 atom stereocenters. The molecule has 0 radical (unpaired) electrons. The molecule has 3 nitrogen and oxygen atoms in total. The molecule has 1 aromatic carbocycles. The average Bonchev–Trinajstić information content (AvgIpc) is 2.37. The fourth-order valence-corrected chi connectivity index (χ4v) is 3.30. The first-order chi connectivity index (χ1) is 9.76. The van der Waals surface area contributed by atoms with Crippen LogP contribution in [0.2, 0.25) is 0 Å². The van der Waals surface area contributed by atoms with Crippen molar-refractivity contribution in [2.45, 2.75) is 52.1 Å². The standard InChI is InChI=1S/C17H24BrNO2/c1-12-10-14(18)7-8-15(12)13-6-5-9-19(11-13)16(20)21-17(2,3)4/h7-8,10,13H,5-6,9,11H2,1-4H3. The van der Waals surface area contributed by atoms with Gasteiger partial charge in [-0.25, -0.2) is 4.79 Å². The Bertz CT molecular complexity index is 522. The van der Waals surface area contributed by atoms with E-state index in [1.165, 1.54) is 11.1 Å². The zero-order valence-corrected chi connectivity index (χ0v) is 14.9. The number of likely N-dealkylation sites (tertiary alicyclic amines) is 1. The number of halogens is 1. The van der Waals surface area contributed by atoms with Crippen molar-refractivity contribution in [1.82, 2.24) is 4.90 Å². The maximum atomic E-state index is 12.2. The van der Waals surface area contributed by atoms with E-state index < -0.39 is 5.60 Å². The molecular formula is C17H24BrNO2. The summed E-state index contributed by atoms with van der Waals surface area (Å²) in [7, 11) is 0. The van der Waals surface area contributed by atoms with Crippen molar-refractivity contribution < 1.29 is 9.53 Å². The smallest absolute Gasteiger partial charge is 0.410 e. The van der Waals surface area contributed by atoms with Gasteiger partial charge in [0, 0.05) is 23.5 Å². The van der Waals surface area contributed by atoms with Crippen molar-refractivity contribution in [2.24, 2.45) is 0 Å². The van der Waals surface area contributed by atoms with Crippen molar-refractivity contribution in [1.29, 1.82) is 0 Å². The molecular weight excluding hydrogens is 330 g/mol. The van der Waals surface area contributed by atoms with Crippen LogP contribution in [-0.2, 0) is 4.74 Å². The molecule has 1 amide bonds. The van der Waals surface area contributed by atoms with E-state index in [1.54, 1.807) is 0 Å². The van der Waals surface area contributed by atoms with Crippen LogP contribution in [0, 0.1) is 6.92 Å². The first-order valence-corrected chi connectivity index (χ1v) is 8.29. The van der Waals surface area contributed by atoms with E-state index >= 15 is 0 Å². The van der Waals surface area contributed by atoms with Gasteiger partial charge in [0.05, 0.1) is 0 Å². The van der Waals surface area contributed by atoms with Crippen molar-refractivity contribution in [3.05, 3.63) is 33.8 Å². The predicted octanol–water partition coefficient (Wildman–Crippen LogP) is 4.87. The minimum Gasteiger partial charge on any atom is -0.444 e. The van der Waals surface area contributed by atoms with Crippen LogP contribution >= 0.6 is 15.9 Å². The number of hydrogen-bond donors (Lipinski definition) is 0. The van der Waals surface area contributed by atoms with Gasteiger partial charge in [0.2, 0.25) is 0 Å². The van der Waals surface area contributed by atoms with Crippen LogP contribution in [0.25, 0.3) is 0 Å². The second-order valence-corrected chi connectivity index (χ2v) is 7.68. The molecule has 0 aliphatic carbocycles. The zero-order chi connectivity index (χ0) is 15.6. The Labute approximate surface area is 135 Å². The fourth-order valence-electron chi connectivity index (χ4n) is 2.82. The van der Waals surface area contributed by atoms with Gasteiger partial charge < -0.3 is 9.64 Å². The van der Waals surface area contributed by atoms with Crippen LogP contribution in [0.5, 0.6) is 0 Å². The number of amides is 1. The van der Waals surface area contributed by atoms with E-state index in [-0.39, 0.29) is 6.09 Å². The maximum absolute atomic E-state index is 12.2. The summed E-state index contributed by atoms with van der Waals surface area (Å²) in [6.07, 6.45) is 1.96. The lowest BCUT2D eigenvalue weighted by Crippen LogP contribution is -2.42. The van der Waals surface area contributed by atoms with E-state index in [9.17, 15) is 4.79 Å². The summed E-state index contributed by atoms with van der Waals surface area (Å²) in [6, 6.07) is 6.39. The van der Waals surface area contributed by atoms with Crippen LogP contribution in [-0.4, -0.2) is 29.7 Å². The van der Waals surface area contributed by atoms with E-state index in [1.807, 2.05) is 25.7 Å². The number of aryl methyl sites for hydroxylation is 1. The third-order valence-electron chi connectivity index (χ3n) is 3.74. The summed E-state index contributed by atoms with van der Waals surface area (Å²) in [6.45, 7) is 9.40.